The fourth-order valence-corrected chi connectivity index (χ4v) is 3.57. The van der Waals surface area contributed by atoms with Crippen molar-refractivity contribution in [2.75, 3.05) is 5.32 Å². The minimum atomic E-state index is -0.207. The Balaban J connectivity index is 1.36. The van der Waals surface area contributed by atoms with Crippen LogP contribution in [0.3, 0.4) is 0 Å². The zero-order valence-corrected chi connectivity index (χ0v) is 18.8. The molecule has 168 valence electrons. The van der Waals surface area contributed by atoms with Crippen LogP contribution in [0.4, 0.5) is 5.82 Å². The highest BCUT2D eigenvalue weighted by Gasteiger charge is 2.26. The number of pyridine rings is 1. The predicted octanol–water partition coefficient (Wildman–Crippen LogP) is 4.21. The van der Waals surface area contributed by atoms with E-state index >= 15 is 0 Å². The number of anilines is 1. The number of amidine groups is 1. The highest BCUT2D eigenvalue weighted by atomic mass is 16.1. The molecule has 2 aromatic heterocycles. The Kier molecular flexibility index (Phi) is 5.73. The van der Waals surface area contributed by atoms with E-state index in [1.807, 2.05) is 55.1 Å². The minimum absolute atomic E-state index is 0.207. The van der Waals surface area contributed by atoms with Gasteiger partial charge in [-0.25, -0.2) is 9.97 Å². The molecule has 2 aliphatic carbocycles. The van der Waals surface area contributed by atoms with E-state index in [0.717, 1.165) is 29.8 Å². The first-order valence-corrected chi connectivity index (χ1v) is 11.4. The highest BCUT2D eigenvalue weighted by molar-refractivity contribution is 6.05. The molecule has 2 fully saturated rings. The van der Waals surface area contributed by atoms with Gasteiger partial charge in [0.05, 0.1) is 18.1 Å². The molecule has 0 bridgehead atoms. The van der Waals surface area contributed by atoms with E-state index in [1.54, 1.807) is 12.3 Å². The van der Waals surface area contributed by atoms with Crippen LogP contribution >= 0.6 is 0 Å². The number of aliphatic imine (C=N–C) groups is 1. The van der Waals surface area contributed by atoms with Crippen LogP contribution in [0, 0.1) is 6.92 Å². The van der Waals surface area contributed by atoms with Crippen molar-refractivity contribution in [1.29, 1.82) is 0 Å². The first kappa shape index (κ1) is 21.1. The van der Waals surface area contributed by atoms with Crippen LogP contribution in [0.2, 0.25) is 0 Å². The van der Waals surface area contributed by atoms with Crippen molar-refractivity contribution in [3.63, 3.8) is 0 Å². The normalized spacial score (nSPS) is 16.2. The van der Waals surface area contributed by atoms with Crippen LogP contribution in [0.15, 0.2) is 59.0 Å². The molecule has 2 saturated carbocycles. The summed E-state index contributed by atoms with van der Waals surface area (Å²) in [6, 6.07) is 11.7. The molecule has 0 unspecified atom stereocenters. The van der Waals surface area contributed by atoms with Crippen molar-refractivity contribution in [3.05, 3.63) is 71.4 Å². The van der Waals surface area contributed by atoms with Crippen LogP contribution in [0.1, 0.15) is 65.8 Å². The van der Waals surface area contributed by atoms with E-state index < -0.39 is 0 Å². The quantitative estimate of drug-likeness (QED) is 0.326. The molecule has 0 spiro atoms. The number of hydrogen-bond acceptors (Lipinski definition) is 5. The number of imidazole rings is 1. The summed E-state index contributed by atoms with van der Waals surface area (Å²) in [6.45, 7) is 3.76. The maximum atomic E-state index is 13.1. The number of rotatable bonds is 7. The van der Waals surface area contributed by atoms with Crippen LogP contribution in [-0.4, -0.2) is 38.5 Å². The smallest absolute Gasteiger partial charge is 0.257 e. The average molecular weight is 442 g/mol. The van der Waals surface area contributed by atoms with Gasteiger partial charge < -0.3 is 9.88 Å². The second-order valence-electron chi connectivity index (χ2n) is 8.55. The summed E-state index contributed by atoms with van der Waals surface area (Å²) in [6.07, 6.45) is 10.1. The van der Waals surface area contributed by atoms with Crippen molar-refractivity contribution in [3.8, 4) is 5.69 Å². The molecule has 5 rings (SSSR count). The summed E-state index contributed by atoms with van der Waals surface area (Å²) in [5.74, 6) is 1.45. The molecule has 3 aromatic rings. The number of hydrogen-bond donors (Lipinski definition) is 2. The molecular formula is C25H27N7O. The van der Waals surface area contributed by atoms with Gasteiger partial charge in [-0.15, -0.1) is 0 Å². The summed E-state index contributed by atoms with van der Waals surface area (Å²) in [7, 11) is 0. The molecular weight excluding hydrogens is 414 g/mol. The first-order valence-electron chi connectivity index (χ1n) is 11.4. The number of benzene rings is 1. The van der Waals surface area contributed by atoms with Gasteiger partial charge in [-0.3, -0.25) is 15.2 Å². The Bertz CT molecular complexity index is 1240. The number of nitrogens with one attached hydrogen (secondary N) is 2. The second-order valence-corrected chi connectivity index (χ2v) is 8.55. The molecule has 0 saturated heterocycles. The number of carbonyl (C=O) groups excluding carboxylic acids is 1. The van der Waals surface area contributed by atoms with E-state index in [2.05, 4.69) is 37.0 Å². The molecule has 2 N–H and O–H groups in total. The van der Waals surface area contributed by atoms with Crippen molar-refractivity contribution < 1.29 is 4.79 Å². The zero-order chi connectivity index (χ0) is 22.8. The standard InChI is InChI=1S/C25H27N7O/c1-3-27-31-24(28-18-10-11-18)21-5-4-6-23(29-21)30-25(33)20-13-19(12-7-16(20)2)32-14-22(26-15-32)17-8-9-17/h3-7,12-15,17-18H,8-11H2,1-2H3,(H,28,31)(H,29,30,33)/b27-3-. The third-order valence-electron chi connectivity index (χ3n) is 5.75. The van der Waals surface area contributed by atoms with Gasteiger partial charge in [0.2, 0.25) is 0 Å². The Labute approximate surface area is 192 Å². The minimum Gasteiger partial charge on any atom is -0.307 e. The van der Waals surface area contributed by atoms with Crippen molar-refractivity contribution >= 4 is 23.8 Å². The Morgan fingerprint density at radius 2 is 2.03 bits per heavy atom. The number of aromatic nitrogens is 3. The van der Waals surface area contributed by atoms with E-state index in [-0.39, 0.29) is 5.91 Å². The number of nitrogens with zero attached hydrogens (tertiary/aromatic N) is 5. The van der Waals surface area contributed by atoms with E-state index in [1.165, 1.54) is 12.8 Å². The SMILES string of the molecule is C/C=N\NC(=NC1CC1)c1cccc(NC(=O)c2cc(-n3cnc(C4CC4)c3)ccc2C)n1. The van der Waals surface area contributed by atoms with Gasteiger partial charge in [-0.1, -0.05) is 12.1 Å². The van der Waals surface area contributed by atoms with Gasteiger partial charge >= 0.3 is 0 Å². The number of amides is 1. The summed E-state index contributed by atoms with van der Waals surface area (Å²) < 4.78 is 1.98. The molecule has 1 amide bonds. The van der Waals surface area contributed by atoms with Gasteiger partial charge in [-0.2, -0.15) is 5.10 Å². The summed E-state index contributed by atoms with van der Waals surface area (Å²) in [4.78, 5) is 26.9. The van der Waals surface area contributed by atoms with Crippen LogP contribution < -0.4 is 10.7 Å². The molecule has 2 aliphatic rings. The van der Waals surface area contributed by atoms with Crippen LogP contribution in [-0.2, 0) is 0 Å². The molecule has 1 aromatic carbocycles. The summed E-state index contributed by atoms with van der Waals surface area (Å²) in [5.41, 5.74) is 7.11. The lowest BCUT2D eigenvalue weighted by molar-refractivity contribution is 0.102. The predicted molar refractivity (Wildman–Crippen MR) is 129 cm³/mol. The lowest BCUT2D eigenvalue weighted by Gasteiger charge is -2.11. The third-order valence-corrected chi connectivity index (χ3v) is 5.75. The topological polar surface area (TPSA) is 96.6 Å². The highest BCUT2D eigenvalue weighted by Crippen LogP contribution is 2.39. The number of aryl methyl sites for hydroxylation is 1. The van der Waals surface area contributed by atoms with Gasteiger partial charge in [0, 0.05) is 29.6 Å². The van der Waals surface area contributed by atoms with Gasteiger partial charge in [-0.05, 0) is 69.4 Å². The molecule has 0 radical (unpaired) electrons. The van der Waals surface area contributed by atoms with Crippen molar-refractivity contribution in [2.45, 2.75) is 51.5 Å². The van der Waals surface area contributed by atoms with Gasteiger partial charge in [0.1, 0.15) is 11.5 Å². The fraction of sp³-hybridized carbons (Fsp3) is 0.320. The molecule has 33 heavy (non-hydrogen) atoms. The zero-order valence-electron chi connectivity index (χ0n) is 18.8. The van der Waals surface area contributed by atoms with Crippen molar-refractivity contribution in [1.82, 2.24) is 20.0 Å². The van der Waals surface area contributed by atoms with Crippen molar-refractivity contribution in [2.24, 2.45) is 10.1 Å². The maximum absolute atomic E-state index is 13.1. The second kappa shape index (κ2) is 8.97. The number of hydrazone groups is 1. The lowest BCUT2D eigenvalue weighted by atomic mass is 10.1. The molecule has 0 atom stereocenters. The van der Waals surface area contributed by atoms with Gasteiger partial charge in [0.25, 0.3) is 5.91 Å². The van der Waals surface area contributed by atoms with E-state index in [0.29, 0.717) is 34.9 Å². The summed E-state index contributed by atoms with van der Waals surface area (Å²) >= 11 is 0. The van der Waals surface area contributed by atoms with Crippen LogP contribution in [0.25, 0.3) is 5.69 Å². The Morgan fingerprint density at radius 1 is 1.18 bits per heavy atom. The van der Waals surface area contributed by atoms with E-state index in [4.69, 9.17) is 0 Å². The van der Waals surface area contributed by atoms with Gasteiger partial charge in [0.15, 0.2) is 5.84 Å². The lowest BCUT2D eigenvalue weighted by Crippen LogP contribution is -2.22. The average Bonchev–Trinajstić information content (AvgIpc) is 3.76. The third kappa shape index (κ3) is 5.00. The first-order chi connectivity index (χ1) is 16.1. The number of carbonyl (C=O) groups is 1. The largest absolute Gasteiger partial charge is 0.307 e. The maximum Gasteiger partial charge on any atom is 0.257 e. The fourth-order valence-electron chi connectivity index (χ4n) is 3.57. The molecule has 8 nitrogen and oxygen atoms in total. The summed E-state index contributed by atoms with van der Waals surface area (Å²) in [5, 5.41) is 7.03. The van der Waals surface area contributed by atoms with E-state index in [9.17, 15) is 4.79 Å². The monoisotopic (exact) mass is 441 g/mol. The molecule has 0 aliphatic heterocycles. The molecule has 8 heteroatoms. The Hall–Kier alpha value is -3.81. The molecule has 2 heterocycles. The van der Waals surface area contributed by atoms with Crippen LogP contribution in [0.5, 0.6) is 0 Å². The Morgan fingerprint density at radius 3 is 2.79 bits per heavy atom.